The molecule has 1 aliphatic rings. The number of rotatable bonds is 5. The molecule has 1 aromatic rings. The Morgan fingerprint density at radius 3 is 2.72 bits per heavy atom. The van der Waals surface area contributed by atoms with Crippen LogP contribution in [0.4, 0.5) is 0 Å². The third-order valence-corrected chi connectivity index (χ3v) is 4.18. The van der Waals surface area contributed by atoms with E-state index in [2.05, 4.69) is 17.6 Å². The van der Waals surface area contributed by atoms with E-state index in [4.69, 9.17) is 16.3 Å². The summed E-state index contributed by atoms with van der Waals surface area (Å²) in [5, 5.41) is 7.61. The Hall–Kier alpha value is -0.770. The van der Waals surface area contributed by atoms with E-state index in [0.717, 1.165) is 54.0 Å². The lowest BCUT2D eigenvalue weighted by atomic mass is 10.0. The maximum atomic E-state index is 6.30. The summed E-state index contributed by atoms with van der Waals surface area (Å²) in [5.41, 5.74) is 3.35. The van der Waals surface area contributed by atoms with Crippen LogP contribution in [0.5, 0.6) is 5.75 Å². The van der Waals surface area contributed by atoms with Crippen molar-refractivity contribution in [3.8, 4) is 5.75 Å². The Morgan fingerprint density at radius 1 is 1.44 bits per heavy atom. The van der Waals surface area contributed by atoms with E-state index >= 15 is 0 Å². The first-order chi connectivity index (χ1) is 8.63. The zero-order valence-electron chi connectivity index (χ0n) is 11.3. The quantitative estimate of drug-likeness (QED) is 0.860. The third kappa shape index (κ3) is 2.79. The van der Waals surface area contributed by atoms with Crippen LogP contribution < -0.4 is 15.4 Å². The Labute approximate surface area is 114 Å². The van der Waals surface area contributed by atoms with Crippen LogP contribution in [-0.2, 0) is 6.54 Å². The minimum atomic E-state index is 0.761. The predicted molar refractivity (Wildman–Crippen MR) is 75.5 cm³/mol. The number of methoxy groups -OCH3 is 1. The van der Waals surface area contributed by atoms with Gasteiger partial charge in [0, 0.05) is 36.8 Å². The molecule has 0 radical (unpaired) electrons. The molecule has 0 atom stereocenters. The smallest absolute Gasteiger partial charge is 0.123 e. The van der Waals surface area contributed by atoms with E-state index in [1.807, 2.05) is 13.0 Å². The third-order valence-electron chi connectivity index (χ3n) is 3.59. The molecule has 1 aliphatic heterocycles. The fraction of sp³-hybridized carbons (Fsp3) is 0.571. The first-order valence-electron chi connectivity index (χ1n) is 6.37. The van der Waals surface area contributed by atoms with Crippen LogP contribution >= 0.6 is 11.6 Å². The maximum Gasteiger partial charge on any atom is 0.123 e. The topological polar surface area (TPSA) is 33.3 Å². The highest BCUT2D eigenvalue weighted by Gasteiger charge is 2.17. The van der Waals surface area contributed by atoms with E-state index < -0.39 is 0 Å². The van der Waals surface area contributed by atoms with Crippen molar-refractivity contribution in [1.29, 1.82) is 0 Å². The average Bonchev–Trinajstić information content (AvgIpc) is 2.31. The van der Waals surface area contributed by atoms with E-state index in [1.165, 1.54) is 5.56 Å². The minimum absolute atomic E-state index is 0.761. The van der Waals surface area contributed by atoms with E-state index in [1.54, 1.807) is 7.11 Å². The van der Waals surface area contributed by atoms with Crippen LogP contribution in [0.2, 0.25) is 5.02 Å². The number of hydrogen-bond donors (Lipinski definition) is 2. The van der Waals surface area contributed by atoms with Crippen molar-refractivity contribution in [2.75, 3.05) is 26.7 Å². The van der Waals surface area contributed by atoms with Crippen LogP contribution in [-0.4, -0.2) is 26.7 Å². The molecule has 0 spiro atoms. The summed E-state index contributed by atoms with van der Waals surface area (Å²) in [7, 11) is 1.71. The van der Waals surface area contributed by atoms with Gasteiger partial charge < -0.3 is 15.4 Å². The normalized spacial score (nSPS) is 15.6. The van der Waals surface area contributed by atoms with E-state index in [-0.39, 0.29) is 0 Å². The zero-order chi connectivity index (χ0) is 13.1. The van der Waals surface area contributed by atoms with Gasteiger partial charge in [0.15, 0.2) is 0 Å². The lowest BCUT2D eigenvalue weighted by Crippen LogP contribution is -2.47. The molecular formula is C14H21ClN2O. The molecule has 1 saturated heterocycles. The van der Waals surface area contributed by atoms with Gasteiger partial charge in [-0.1, -0.05) is 11.6 Å². The van der Waals surface area contributed by atoms with Gasteiger partial charge in [-0.25, -0.2) is 0 Å². The molecule has 18 heavy (non-hydrogen) atoms. The second-order valence-electron chi connectivity index (χ2n) is 4.97. The largest absolute Gasteiger partial charge is 0.496 e. The van der Waals surface area contributed by atoms with Crippen molar-refractivity contribution < 1.29 is 4.74 Å². The molecule has 1 aromatic carbocycles. The Balaban J connectivity index is 2.07. The molecule has 4 heteroatoms. The molecule has 3 nitrogen and oxygen atoms in total. The summed E-state index contributed by atoms with van der Waals surface area (Å²) in [5.74, 6) is 1.69. The van der Waals surface area contributed by atoms with Crippen LogP contribution in [0.25, 0.3) is 0 Å². The fourth-order valence-electron chi connectivity index (χ4n) is 2.26. The fourth-order valence-corrected chi connectivity index (χ4v) is 2.42. The van der Waals surface area contributed by atoms with Crippen molar-refractivity contribution in [3.05, 3.63) is 27.8 Å². The SMILES string of the molecule is COc1cc(C)c(Cl)c(C)c1CNCC1CNC1. The highest BCUT2D eigenvalue weighted by Crippen LogP contribution is 2.31. The molecule has 0 saturated carbocycles. The lowest BCUT2D eigenvalue weighted by Gasteiger charge is -2.27. The van der Waals surface area contributed by atoms with Gasteiger partial charge in [0.1, 0.15) is 5.75 Å². The van der Waals surface area contributed by atoms with Gasteiger partial charge >= 0.3 is 0 Å². The van der Waals surface area contributed by atoms with E-state index in [9.17, 15) is 0 Å². The summed E-state index contributed by atoms with van der Waals surface area (Å²) in [6.07, 6.45) is 0. The molecule has 0 aromatic heterocycles. The zero-order valence-corrected chi connectivity index (χ0v) is 12.0. The molecule has 0 aliphatic carbocycles. The number of nitrogens with one attached hydrogen (secondary N) is 2. The summed E-state index contributed by atoms with van der Waals surface area (Å²) in [6, 6.07) is 2.01. The lowest BCUT2D eigenvalue weighted by molar-refractivity contribution is 0.329. The van der Waals surface area contributed by atoms with Crippen molar-refractivity contribution >= 4 is 11.6 Å². The monoisotopic (exact) mass is 268 g/mol. The van der Waals surface area contributed by atoms with Gasteiger partial charge in [-0.3, -0.25) is 0 Å². The molecule has 0 bridgehead atoms. The standard InChI is InChI=1S/C14H21ClN2O/c1-9-4-13(18-3)12(10(2)14(9)15)8-17-7-11-5-16-6-11/h4,11,16-17H,5-8H2,1-3H3. The Bertz CT molecular complexity index is 430. The predicted octanol–water partition coefficient (Wildman–Crippen LogP) is 2.27. The molecule has 0 unspecified atom stereocenters. The van der Waals surface area contributed by atoms with Crippen LogP contribution in [0.15, 0.2) is 6.07 Å². The summed E-state index contributed by atoms with van der Waals surface area (Å²) in [4.78, 5) is 0. The van der Waals surface area contributed by atoms with Crippen LogP contribution in [0, 0.1) is 19.8 Å². The van der Waals surface area contributed by atoms with E-state index in [0.29, 0.717) is 0 Å². The first kappa shape index (κ1) is 13.7. The molecular weight excluding hydrogens is 248 g/mol. The van der Waals surface area contributed by atoms with Crippen molar-refractivity contribution in [3.63, 3.8) is 0 Å². The van der Waals surface area contributed by atoms with Gasteiger partial charge in [-0.2, -0.15) is 0 Å². The highest BCUT2D eigenvalue weighted by atomic mass is 35.5. The molecule has 2 N–H and O–H groups in total. The number of aryl methyl sites for hydroxylation is 1. The van der Waals surface area contributed by atoms with Gasteiger partial charge in [-0.15, -0.1) is 0 Å². The molecule has 1 fully saturated rings. The van der Waals surface area contributed by atoms with Crippen molar-refractivity contribution in [1.82, 2.24) is 10.6 Å². The molecule has 1 heterocycles. The number of ether oxygens (including phenoxy) is 1. The number of benzene rings is 1. The second-order valence-corrected chi connectivity index (χ2v) is 5.35. The second kappa shape index (κ2) is 5.91. The highest BCUT2D eigenvalue weighted by molar-refractivity contribution is 6.32. The Kier molecular flexibility index (Phi) is 4.49. The summed E-state index contributed by atoms with van der Waals surface area (Å²) >= 11 is 6.30. The first-order valence-corrected chi connectivity index (χ1v) is 6.75. The van der Waals surface area contributed by atoms with Crippen molar-refractivity contribution in [2.45, 2.75) is 20.4 Å². The minimum Gasteiger partial charge on any atom is -0.496 e. The number of halogens is 1. The van der Waals surface area contributed by atoms with Gasteiger partial charge in [0.2, 0.25) is 0 Å². The Morgan fingerprint density at radius 2 is 2.17 bits per heavy atom. The molecule has 2 rings (SSSR count). The average molecular weight is 269 g/mol. The van der Waals surface area contributed by atoms with Gasteiger partial charge in [0.05, 0.1) is 7.11 Å². The van der Waals surface area contributed by atoms with Crippen molar-refractivity contribution in [2.24, 2.45) is 5.92 Å². The number of hydrogen-bond acceptors (Lipinski definition) is 3. The maximum absolute atomic E-state index is 6.30. The van der Waals surface area contributed by atoms with Gasteiger partial charge in [-0.05, 0) is 37.0 Å². The molecule has 0 amide bonds. The van der Waals surface area contributed by atoms with Crippen LogP contribution in [0.3, 0.4) is 0 Å². The summed E-state index contributed by atoms with van der Waals surface area (Å²) in [6.45, 7) is 8.16. The summed E-state index contributed by atoms with van der Waals surface area (Å²) < 4.78 is 5.45. The van der Waals surface area contributed by atoms with Gasteiger partial charge in [0.25, 0.3) is 0 Å². The van der Waals surface area contributed by atoms with Crippen LogP contribution in [0.1, 0.15) is 16.7 Å². The molecule has 100 valence electrons.